The molecule has 6 nitrogen and oxygen atoms in total. The Morgan fingerprint density at radius 1 is 0.900 bits per heavy atom. The Balaban J connectivity index is 1.39. The molecule has 0 radical (unpaired) electrons. The summed E-state index contributed by atoms with van der Waals surface area (Å²) in [4.78, 5) is 24.9. The molecule has 6 heteroatoms. The van der Waals surface area contributed by atoms with Crippen LogP contribution in [0, 0.1) is 6.92 Å². The maximum absolute atomic E-state index is 12.6. The third-order valence-corrected chi connectivity index (χ3v) is 4.69. The van der Waals surface area contributed by atoms with E-state index in [0.717, 1.165) is 5.56 Å². The molecule has 0 saturated carbocycles. The Labute approximate surface area is 174 Å². The zero-order valence-electron chi connectivity index (χ0n) is 16.6. The number of carbonyl (C=O) groups is 2. The molecule has 1 aliphatic heterocycles. The molecule has 0 saturated heterocycles. The van der Waals surface area contributed by atoms with E-state index in [9.17, 15) is 9.59 Å². The van der Waals surface area contributed by atoms with E-state index in [1.54, 1.807) is 49.4 Å². The number of amides is 1. The van der Waals surface area contributed by atoms with Crippen molar-refractivity contribution < 1.29 is 23.8 Å². The molecule has 1 heterocycles. The van der Waals surface area contributed by atoms with Gasteiger partial charge in [-0.25, -0.2) is 4.79 Å². The molecule has 152 valence electrons. The first-order valence-corrected chi connectivity index (χ1v) is 9.62. The van der Waals surface area contributed by atoms with Gasteiger partial charge in [-0.15, -0.1) is 0 Å². The van der Waals surface area contributed by atoms with Crippen molar-refractivity contribution in [2.24, 2.45) is 0 Å². The summed E-state index contributed by atoms with van der Waals surface area (Å²) in [5.74, 6) is 0.704. The predicted octanol–water partition coefficient (Wildman–Crippen LogP) is 4.38. The summed E-state index contributed by atoms with van der Waals surface area (Å²) in [6.07, 6.45) is -1.36. The summed E-state index contributed by atoms with van der Waals surface area (Å²) < 4.78 is 16.9. The minimum atomic E-state index is -0.874. The zero-order valence-corrected chi connectivity index (χ0v) is 16.6. The second-order valence-electron chi connectivity index (χ2n) is 7.08. The molecule has 0 unspecified atom stereocenters. The predicted molar refractivity (Wildman–Crippen MR) is 112 cm³/mol. The van der Waals surface area contributed by atoms with E-state index < -0.39 is 18.2 Å². The number of aryl methyl sites for hydroxylation is 1. The van der Waals surface area contributed by atoms with E-state index in [1.807, 2.05) is 37.3 Å². The highest BCUT2D eigenvalue weighted by Gasteiger charge is 2.35. The second kappa shape index (κ2) is 8.29. The van der Waals surface area contributed by atoms with Gasteiger partial charge in [-0.05, 0) is 62.4 Å². The van der Waals surface area contributed by atoms with Crippen LogP contribution in [0.3, 0.4) is 0 Å². The van der Waals surface area contributed by atoms with Crippen LogP contribution in [0.25, 0.3) is 0 Å². The number of esters is 1. The normalized spacial score (nSPS) is 17.1. The Kier molecular flexibility index (Phi) is 5.39. The number of anilines is 1. The van der Waals surface area contributed by atoms with Gasteiger partial charge in [0.1, 0.15) is 11.9 Å². The summed E-state index contributed by atoms with van der Waals surface area (Å²) in [5, 5.41) is 2.82. The van der Waals surface area contributed by atoms with Gasteiger partial charge < -0.3 is 19.5 Å². The average Bonchev–Trinajstić information content (AvgIpc) is 2.74. The zero-order chi connectivity index (χ0) is 21.1. The monoisotopic (exact) mass is 403 g/mol. The number of hydrogen-bond donors (Lipinski definition) is 1. The van der Waals surface area contributed by atoms with Gasteiger partial charge in [-0.1, -0.05) is 29.8 Å². The Morgan fingerprint density at radius 3 is 2.30 bits per heavy atom. The van der Waals surface area contributed by atoms with Gasteiger partial charge >= 0.3 is 5.97 Å². The number of para-hydroxylation sites is 2. The topological polar surface area (TPSA) is 73.9 Å². The Morgan fingerprint density at radius 2 is 1.60 bits per heavy atom. The fourth-order valence-electron chi connectivity index (χ4n) is 3.15. The maximum atomic E-state index is 12.6. The molecule has 3 aromatic carbocycles. The summed E-state index contributed by atoms with van der Waals surface area (Å²) in [7, 11) is 0. The van der Waals surface area contributed by atoms with Crippen LogP contribution in [0.1, 0.15) is 22.8 Å². The van der Waals surface area contributed by atoms with Crippen LogP contribution in [0.2, 0.25) is 0 Å². The first kappa shape index (κ1) is 19.5. The van der Waals surface area contributed by atoms with E-state index in [4.69, 9.17) is 14.2 Å². The van der Waals surface area contributed by atoms with Crippen molar-refractivity contribution in [3.8, 4) is 17.2 Å². The molecule has 1 aliphatic rings. The summed E-state index contributed by atoms with van der Waals surface area (Å²) in [6.45, 7) is 3.69. The highest BCUT2D eigenvalue weighted by molar-refractivity contribution is 6.04. The van der Waals surface area contributed by atoms with Gasteiger partial charge in [0.25, 0.3) is 5.91 Å². The maximum Gasteiger partial charge on any atom is 0.356 e. The van der Waals surface area contributed by atoms with Gasteiger partial charge in [0.15, 0.2) is 11.5 Å². The summed E-state index contributed by atoms with van der Waals surface area (Å²) >= 11 is 0. The highest BCUT2D eigenvalue weighted by atomic mass is 16.6. The molecule has 2 atom stereocenters. The molecule has 30 heavy (non-hydrogen) atoms. The lowest BCUT2D eigenvalue weighted by atomic mass is 10.1. The van der Waals surface area contributed by atoms with Crippen LogP contribution >= 0.6 is 0 Å². The van der Waals surface area contributed by atoms with Crippen LogP contribution in [-0.2, 0) is 4.79 Å². The Bertz CT molecular complexity index is 1080. The van der Waals surface area contributed by atoms with Gasteiger partial charge in [0, 0.05) is 11.3 Å². The summed E-state index contributed by atoms with van der Waals surface area (Å²) in [6, 6.07) is 21.1. The Hall–Kier alpha value is -3.80. The minimum Gasteiger partial charge on any atom is -0.482 e. The van der Waals surface area contributed by atoms with Crippen molar-refractivity contribution in [2.75, 3.05) is 5.32 Å². The molecule has 0 spiro atoms. The fraction of sp³-hybridized carbons (Fsp3) is 0.167. The third kappa shape index (κ3) is 4.27. The molecule has 4 rings (SSSR count). The van der Waals surface area contributed by atoms with Crippen LogP contribution in [0.4, 0.5) is 5.69 Å². The molecule has 0 fully saturated rings. The fourth-order valence-corrected chi connectivity index (χ4v) is 3.15. The van der Waals surface area contributed by atoms with E-state index >= 15 is 0 Å². The molecule has 3 aromatic rings. The molecular weight excluding hydrogens is 382 g/mol. The lowest BCUT2D eigenvalue weighted by Crippen LogP contribution is -2.45. The third-order valence-electron chi connectivity index (χ3n) is 4.69. The van der Waals surface area contributed by atoms with Crippen molar-refractivity contribution in [2.45, 2.75) is 26.1 Å². The lowest BCUT2D eigenvalue weighted by molar-refractivity contribution is -0.147. The minimum absolute atomic E-state index is 0.205. The van der Waals surface area contributed by atoms with Gasteiger partial charge in [-0.2, -0.15) is 0 Å². The number of rotatable bonds is 4. The first-order valence-electron chi connectivity index (χ1n) is 9.62. The number of nitrogens with one attached hydrogen (secondary N) is 1. The number of ether oxygens (including phenoxy) is 3. The van der Waals surface area contributed by atoms with Gasteiger partial charge in [-0.3, -0.25) is 4.79 Å². The van der Waals surface area contributed by atoms with Crippen LogP contribution in [0.5, 0.6) is 17.2 Å². The first-order chi connectivity index (χ1) is 14.5. The van der Waals surface area contributed by atoms with Crippen LogP contribution < -0.4 is 19.5 Å². The SMILES string of the molecule is Cc1cccc(C(=O)Nc2ccc(OC(=O)[C@H]3Oc4ccccc4O[C@@H]3C)cc2)c1. The molecule has 0 aliphatic carbocycles. The lowest BCUT2D eigenvalue weighted by Gasteiger charge is -2.30. The van der Waals surface area contributed by atoms with Gasteiger partial charge in [0.05, 0.1) is 0 Å². The highest BCUT2D eigenvalue weighted by Crippen LogP contribution is 2.33. The average molecular weight is 403 g/mol. The largest absolute Gasteiger partial charge is 0.482 e. The second-order valence-corrected chi connectivity index (χ2v) is 7.08. The summed E-state index contributed by atoms with van der Waals surface area (Å²) in [5.41, 5.74) is 2.19. The van der Waals surface area contributed by atoms with Crippen LogP contribution in [-0.4, -0.2) is 24.1 Å². The number of fused-ring (bicyclic) bond motifs is 1. The molecule has 0 aromatic heterocycles. The smallest absolute Gasteiger partial charge is 0.356 e. The molecule has 1 amide bonds. The van der Waals surface area contributed by atoms with Crippen molar-refractivity contribution in [3.05, 3.63) is 83.9 Å². The number of benzene rings is 3. The number of carbonyl (C=O) groups excluding carboxylic acids is 2. The quantitative estimate of drug-likeness (QED) is 0.517. The van der Waals surface area contributed by atoms with Crippen molar-refractivity contribution in [3.63, 3.8) is 0 Å². The van der Waals surface area contributed by atoms with E-state index in [2.05, 4.69) is 5.32 Å². The van der Waals surface area contributed by atoms with Crippen molar-refractivity contribution in [1.29, 1.82) is 0 Å². The number of hydrogen-bond acceptors (Lipinski definition) is 5. The van der Waals surface area contributed by atoms with E-state index in [0.29, 0.717) is 28.5 Å². The van der Waals surface area contributed by atoms with Crippen molar-refractivity contribution in [1.82, 2.24) is 0 Å². The van der Waals surface area contributed by atoms with E-state index in [-0.39, 0.29) is 5.91 Å². The van der Waals surface area contributed by atoms with E-state index in [1.165, 1.54) is 0 Å². The van der Waals surface area contributed by atoms with Crippen LogP contribution in [0.15, 0.2) is 72.8 Å². The van der Waals surface area contributed by atoms with Gasteiger partial charge in [0.2, 0.25) is 6.10 Å². The molecular formula is C24H21NO5. The standard InChI is InChI=1S/C24H21NO5/c1-15-6-5-7-17(14-15)23(26)25-18-10-12-19(13-11-18)29-24(27)22-16(2)28-20-8-3-4-9-21(20)30-22/h3-14,16,22H,1-2H3,(H,25,26)/t16-,22+/m1/s1. The molecule has 0 bridgehead atoms. The molecule has 1 N–H and O–H groups in total. The van der Waals surface area contributed by atoms with Crippen molar-refractivity contribution >= 4 is 17.6 Å².